The van der Waals surface area contributed by atoms with Crippen LogP contribution < -0.4 is 20.1 Å². The molecule has 0 unspecified atom stereocenters. The van der Waals surface area contributed by atoms with Gasteiger partial charge in [-0.1, -0.05) is 17.7 Å². The van der Waals surface area contributed by atoms with E-state index < -0.39 is 10.0 Å². The van der Waals surface area contributed by atoms with Gasteiger partial charge >= 0.3 is 0 Å². The van der Waals surface area contributed by atoms with Gasteiger partial charge in [-0.25, -0.2) is 13.1 Å². The molecule has 0 aliphatic carbocycles. The van der Waals surface area contributed by atoms with Crippen LogP contribution in [0.2, 0.25) is 0 Å². The number of methoxy groups -OCH3 is 1. The SMILES string of the molecule is COc1cc(NC(=O)CCNS(=O)(=O)c2c(C)cc(C)cc2C)ccc1NC(=O)c1cccnc1. The van der Waals surface area contributed by atoms with E-state index in [0.29, 0.717) is 33.8 Å². The molecule has 0 atom stereocenters. The average molecular weight is 497 g/mol. The summed E-state index contributed by atoms with van der Waals surface area (Å²) in [4.78, 5) is 28.9. The molecule has 0 aliphatic heterocycles. The summed E-state index contributed by atoms with van der Waals surface area (Å²) in [7, 11) is -2.30. The van der Waals surface area contributed by atoms with Crippen molar-refractivity contribution in [1.29, 1.82) is 0 Å². The molecule has 9 nitrogen and oxygen atoms in total. The van der Waals surface area contributed by atoms with Gasteiger partial charge in [0.1, 0.15) is 5.75 Å². The highest BCUT2D eigenvalue weighted by Crippen LogP contribution is 2.28. The summed E-state index contributed by atoms with van der Waals surface area (Å²) in [5, 5.41) is 5.45. The number of benzene rings is 2. The molecule has 0 bridgehead atoms. The monoisotopic (exact) mass is 496 g/mol. The zero-order valence-electron chi connectivity index (χ0n) is 20.0. The molecule has 1 heterocycles. The van der Waals surface area contributed by atoms with Gasteiger partial charge in [0.15, 0.2) is 0 Å². The molecule has 1 aromatic heterocycles. The Labute approximate surface area is 205 Å². The van der Waals surface area contributed by atoms with Gasteiger partial charge in [-0.05, 0) is 56.2 Å². The number of ether oxygens (including phenoxy) is 1. The van der Waals surface area contributed by atoms with Crippen molar-refractivity contribution in [2.75, 3.05) is 24.3 Å². The van der Waals surface area contributed by atoms with E-state index in [1.165, 1.54) is 13.3 Å². The van der Waals surface area contributed by atoms with Crippen LogP contribution in [0.4, 0.5) is 11.4 Å². The first-order valence-corrected chi connectivity index (χ1v) is 12.4. The molecule has 3 rings (SSSR count). The predicted molar refractivity (Wildman–Crippen MR) is 134 cm³/mol. The first-order valence-electron chi connectivity index (χ1n) is 10.9. The maximum Gasteiger partial charge on any atom is 0.257 e. The Morgan fingerprint density at radius 3 is 2.34 bits per heavy atom. The fourth-order valence-electron chi connectivity index (χ4n) is 3.75. The zero-order chi connectivity index (χ0) is 25.6. The second-order valence-corrected chi connectivity index (χ2v) is 9.74. The quantitative estimate of drug-likeness (QED) is 0.416. The maximum atomic E-state index is 12.7. The van der Waals surface area contributed by atoms with E-state index in [1.807, 2.05) is 19.1 Å². The number of hydrogen-bond acceptors (Lipinski definition) is 6. The minimum Gasteiger partial charge on any atom is -0.494 e. The number of hydrogen-bond donors (Lipinski definition) is 3. The lowest BCUT2D eigenvalue weighted by Crippen LogP contribution is -2.29. The van der Waals surface area contributed by atoms with Crippen molar-refractivity contribution in [3.05, 3.63) is 77.1 Å². The lowest BCUT2D eigenvalue weighted by molar-refractivity contribution is -0.116. The predicted octanol–water partition coefficient (Wildman–Crippen LogP) is 3.57. The third-order valence-electron chi connectivity index (χ3n) is 5.17. The summed E-state index contributed by atoms with van der Waals surface area (Å²) in [6.07, 6.45) is 2.96. The molecular weight excluding hydrogens is 468 g/mol. The highest BCUT2D eigenvalue weighted by atomic mass is 32.2. The first kappa shape index (κ1) is 25.9. The van der Waals surface area contributed by atoms with Crippen molar-refractivity contribution in [2.45, 2.75) is 32.1 Å². The number of sulfonamides is 1. The van der Waals surface area contributed by atoms with Crippen LogP contribution in [0.1, 0.15) is 33.5 Å². The third kappa shape index (κ3) is 6.65. The van der Waals surface area contributed by atoms with Gasteiger partial charge in [0.2, 0.25) is 15.9 Å². The number of rotatable bonds is 9. The second-order valence-electron chi connectivity index (χ2n) is 8.03. The highest BCUT2D eigenvalue weighted by Gasteiger charge is 2.20. The van der Waals surface area contributed by atoms with Crippen molar-refractivity contribution < 1.29 is 22.7 Å². The summed E-state index contributed by atoms with van der Waals surface area (Å²) in [5.41, 5.74) is 3.56. The molecule has 0 saturated carbocycles. The van der Waals surface area contributed by atoms with Crippen LogP contribution in [0, 0.1) is 20.8 Å². The molecule has 0 fully saturated rings. The summed E-state index contributed by atoms with van der Waals surface area (Å²) in [6.45, 7) is 5.34. The fraction of sp³-hybridized carbons (Fsp3) is 0.240. The molecule has 35 heavy (non-hydrogen) atoms. The second kappa shape index (κ2) is 11.1. The van der Waals surface area contributed by atoms with E-state index in [4.69, 9.17) is 4.74 Å². The largest absolute Gasteiger partial charge is 0.494 e. The van der Waals surface area contributed by atoms with E-state index in [2.05, 4.69) is 20.3 Å². The van der Waals surface area contributed by atoms with Gasteiger partial charge < -0.3 is 15.4 Å². The van der Waals surface area contributed by atoms with E-state index in [0.717, 1.165) is 5.56 Å². The number of pyridine rings is 1. The van der Waals surface area contributed by atoms with Crippen LogP contribution in [0.3, 0.4) is 0 Å². The zero-order valence-corrected chi connectivity index (χ0v) is 20.8. The molecule has 0 radical (unpaired) electrons. The summed E-state index contributed by atoms with van der Waals surface area (Å²) < 4.78 is 33.3. The smallest absolute Gasteiger partial charge is 0.257 e. The number of aryl methyl sites for hydroxylation is 3. The van der Waals surface area contributed by atoms with E-state index in [9.17, 15) is 18.0 Å². The van der Waals surface area contributed by atoms with Crippen molar-refractivity contribution >= 4 is 33.2 Å². The Hall–Kier alpha value is -3.76. The van der Waals surface area contributed by atoms with Crippen molar-refractivity contribution in [1.82, 2.24) is 9.71 Å². The van der Waals surface area contributed by atoms with E-state index >= 15 is 0 Å². The number of carbonyl (C=O) groups excluding carboxylic acids is 2. The van der Waals surface area contributed by atoms with E-state index in [-0.39, 0.29) is 29.7 Å². The molecule has 3 N–H and O–H groups in total. The van der Waals surface area contributed by atoms with E-state index in [1.54, 1.807) is 50.4 Å². The Morgan fingerprint density at radius 1 is 1.00 bits per heavy atom. The molecule has 3 aromatic rings. The minimum absolute atomic E-state index is 0.0582. The Morgan fingerprint density at radius 2 is 1.71 bits per heavy atom. The first-order chi connectivity index (χ1) is 16.6. The molecule has 2 aromatic carbocycles. The summed E-state index contributed by atoms with van der Waals surface area (Å²) in [6, 6.07) is 11.7. The number of anilines is 2. The van der Waals surface area contributed by atoms with Crippen LogP contribution in [0.5, 0.6) is 5.75 Å². The summed E-state index contributed by atoms with van der Waals surface area (Å²) >= 11 is 0. The topological polar surface area (TPSA) is 126 Å². The van der Waals surface area contributed by atoms with Gasteiger partial charge in [0.25, 0.3) is 5.91 Å². The molecule has 0 saturated heterocycles. The van der Waals surface area contributed by atoms with Crippen molar-refractivity contribution in [2.24, 2.45) is 0 Å². The molecule has 184 valence electrons. The Bertz CT molecular complexity index is 1320. The number of nitrogens with zero attached hydrogens (tertiary/aromatic N) is 1. The van der Waals surface area contributed by atoms with Crippen LogP contribution in [-0.4, -0.2) is 38.9 Å². The number of aromatic nitrogens is 1. The molecule has 0 spiro atoms. The molecule has 0 aliphatic rings. The van der Waals surface area contributed by atoms with Crippen LogP contribution in [0.15, 0.2) is 59.8 Å². The molecular formula is C25H28N4O5S. The maximum absolute atomic E-state index is 12.7. The van der Waals surface area contributed by atoms with Gasteiger partial charge in [0.05, 0.1) is 23.3 Å². The van der Waals surface area contributed by atoms with Crippen molar-refractivity contribution in [3.8, 4) is 5.75 Å². The minimum atomic E-state index is -3.75. The molecule has 2 amide bonds. The normalized spacial score (nSPS) is 11.1. The number of nitrogens with one attached hydrogen (secondary N) is 3. The Balaban J connectivity index is 1.59. The standard InChI is InChI=1S/C25H28N4O5S/c1-16-12-17(2)24(18(3)13-16)35(32,33)27-11-9-23(30)28-20-7-8-21(22(14-20)34-4)29-25(31)19-6-5-10-26-15-19/h5-8,10,12-15,27H,9,11H2,1-4H3,(H,28,30)(H,29,31). The lowest BCUT2D eigenvalue weighted by atomic mass is 10.1. The van der Waals surface area contributed by atoms with Crippen molar-refractivity contribution in [3.63, 3.8) is 0 Å². The fourth-order valence-corrected chi connectivity index (χ4v) is 5.23. The third-order valence-corrected chi connectivity index (χ3v) is 6.94. The van der Waals surface area contributed by atoms with Crippen LogP contribution >= 0.6 is 0 Å². The highest BCUT2D eigenvalue weighted by molar-refractivity contribution is 7.89. The van der Waals surface area contributed by atoms with Crippen LogP contribution in [0.25, 0.3) is 0 Å². The van der Waals surface area contributed by atoms with Gasteiger partial charge in [0, 0.05) is 37.1 Å². The van der Waals surface area contributed by atoms with Gasteiger partial charge in [-0.2, -0.15) is 0 Å². The number of carbonyl (C=O) groups is 2. The number of amides is 2. The van der Waals surface area contributed by atoms with Gasteiger partial charge in [-0.3, -0.25) is 14.6 Å². The lowest BCUT2D eigenvalue weighted by Gasteiger charge is -2.14. The van der Waals surface area contributed by atoms with Crippen LogP contribution in [-0.2, 0) is 14.8 Å². The Kier molecular flexibility index (Phi) is 8.21. The average Bonchev–Trinajstić information content (AvgIpc) is 2.79. The molecule has 10 heteroatoms. The summed E-state index contributed by atoms with van der Waals surface area (Å²) in [5.74, 6) is -0.371. The van der Waals surface area contributed by atoms with Gasteiger partial charge in [-0.15, -0.1) is 0 Å².